The van der Waals surface area contributed by atoms with E-state index in [-0.39, 0.29) is 18.0 Å². The van der Waals surface area contributed by atoms with Gasteiger partial charge in [0.1, 0.15) is 11.3 Å². The molecule has 1 heterocycles. The number of ether oxygens (including phenoxy) is 1. The maximum Gasteiger partial charge on any atom is 0.342 e. The quantitative estimate of drug-likeness (QED) is 0.744. The lowest BCUT2D eigenvalue weighted by Gasteiger charge is -2.14. The second-order valence-electron chi connectivity index (χ2n) is 5.14. The molecule has 0 bridgehead atoms. The van der Waals surface area contributed by atoms with E-state index in [2.05, 4.69) is 10.2 Å². The summed E-state index contributed by atoms with van der Waals surface area (Å²) in [4.78, 5) is 12.5. The normalized spacial score (nSPS) is 10.4. The van der Waals surface area contributed by atoms with Crippen LogP contribution in [0.3, 0.4) is 0 Å². The van der Waals surface area contributed by atoms with Gasteiger partial charge in [-0.2, -0.15) is 0 Å². The van der Waals surface area contributed by atoms with E-state index < -0.39 is 5.97 Å². The SMILES string of the molecule is CCOC(=O)c1c(N)nnc(-c2ccccc2)c1-c1ccccc1. The van der Waals surface area contributed by atoms with Gasteiger partial charge in [0.25, 0.3) is 0 Å². The van der Waals surface area contributed by atoms with Crippen LogP contribution in [0.15, 0.2) is 60.7 Å². The third kappa shape index (κ3) is 2.96. The van der Waals surface area contributed by atoms with Gasteiger partial charge in [-0.25, -0.2) is 4.79 Å². The van der Waals surface area contributed by atoms with Crippen molar-refractivity contribution >= 4 is 11.8 Å². The van der Waals surface area contributed by atoms with Crippen molar-refractivity contribution in [1.29, 1.82) is 0 Å². The minimum absolute atomic E-state index is 0.0620. The zero-order valence-electron chi connectivity index (χ0n) is 13.3. The van der Waals surface area contributed by atoms with Crippen LogP contribution in [0.25, 0.3) is 22.4 Å². The second kappa shape index (κ2) is 6.91. The summed E-state index contributed by atoms with van der Waals surface area (Å²) in [6, 6.07) is 19.1. The van der Waals surface area contributed by atoms with Gasteiger partial charge in [0.2, 0.25) is 0 Å². The summed E-state index contributed by atoms with van der Waals surface area (Å²) >= 11 is 0. The number of nitrogens with two attached hydrogens (primary N) is 1. The number of carbonyl (C=O) groups excluding carboxylic acids is 1. The van der Waals surface area contributed by atoms with Crippen LogP contribution in [0.2, 0.25) is 0 Å². The highest BCUT2D eigenvalue weighted by Crippen LogP contribution is 2.35. The molecule has 0 aliphatic heterocycles. The van der Waals surface area contributed by atoms with Crippen LogP contribution in [0.1, 0.15) is 17.3 Å². The summed E-state index contributed by atoms with van der Waals surface area (Å²) in [7, 11) is 0. The van der Waals surface area contributed by atoms with Gasteiger partial charge >= 0.3 is 5.97 Å². The summed E-state index contributed by atoms with van der Waals surface area (Å²) in [6.45, 7) is 2.01. The third-order valence-corrected chi connectivity index (χ3v) is 3.59. The van der Waals surface area contributed by atoms with Crippen molar-refractivity contribution < 1.29 is 9.53 Å². The van der Waals surface area contributed by atoms with E-state index in [4.69, 9.17) is 10.5 Å². The first-order valence-electron chi connectivity index (χ1n) is 7.66. The fraction of sp³-hybridized carbons (Fsp3) is 0.105. The van der Waals surface area contributed by atoms with Crippen molar-refractivity contribution in [1.82, 2.24) is 10.2 Å². The lowest BCUT2D eigenvalue weighted by Crippen LogP contribution is -2.13. The van der Waals surface area contributed by atoms with Gasteiger partial charge in [-0.1, -0.05) is 60.7 Å². The summed E-state index contributed by atoms with van der Waals surface area (Å²) in [5, 5.41) is 8.22. The first-order valence-corrected chi connectivity index (χ1v) is 7.66. The number of esters is 1. The monoisotopic (exact) mass is 319 g/mol. The number of hydrogen-bond donors (Lipinski definition) is 1. The number of rotatable bonds is 4. The Hall–Kier alpha value is -3.21. The second-order valence-corrected chi connectivity index (χ2v) is 5.14. The lowest BCUT2D eigenvalue weighted by molar-refractivity contribution is 0.0528. The van der Waals surface area contributed by atoms with Crippen LogP contribution in [-0.4, -0.2) is 22.8 Å². The molecular weight excluding hydrogens is 302 g/mol. The van der Waals surface area contributed by atoms with Crippen LogP contribution < -0.4 is 5.73 Å². The number of nitrogens with zero attached hydrogens (tertiary/aromatic N) is 2. The summed E-state index contributed by atoms with van der Waals surface area (Å²) in [5.41, 5.74) is 9.13. The van der Waals surface area contributed by atoms with Crippen molar-refractivity contribution in [3.63, 3.8) is 0 Å². The van der Waals surface area contributed by atoms with Crippen molar-refractivity contribution in [2.45, 2.75) is 6.92 Å². The maximum atomic E-state index is 12.5. The Balaban J connectivity index is 2.31. The molecule has 0 amide bonds. The fourth-order valence-corrected chi connectivity index (χ4v) is 2.54. The van der Waals surface area contributed by atoms with Crippen LogP contribution in [0, 0.1) is 0 Å². The van der Waals surface area contributed by atoms with Gasteiger partial charge in [0.15, 0.2) is 5.82 Å². The van der Waals surface area contributed by atoms with Crippen molar-refractivity contribution in [2.75, 3.05) is 12.3 Å². The highest BCUT2D eigenvalue weighted by Gasteiger charge is 2.24. The molecule has 0 spiro atoms. The minimum atomic E-state index is -0.499. The molecule has 0 atom stereocenters. The number of anilines is 1. The standard InChI is InChI=1S/C19H17N3O2/c1-2-24-19(23)16-15(13-9-5-3-6-10-13)17(21-22-18(16)20)14-11-7-4-8-12-14/h3-12H,2H2,1H3,(H2,20,22). The smallest absolute Gasteiger partial charge is 0.342 e. The van der Waals surface area contributed by atoms with E-state index in [9.17, 15) is 4.79 Å². The average Bonchev–Trinajstić information content (AvgIpc) is 2.63. The Kier molecular flexibility index (Phi) is 4.52. The van der Waals surface area contributed by atoms with Gasteiger partial charge < -0.3 is 10.5 Å². The molecule has 0 unspecified atom stereocenters. The Morgan fingerprint density at radius 1 is 0.958 bits per heavy atom. The molecule has 0 aliphatic carbocycles. The van der Waals surface area contributed by atoms with E-state index in [0.29, 0.717) is 11.3 Å². The van der Waals surface area contributed by atoms with Gasteiger partial charge in [-0.05, 0) is 12.5 Å². The largest absolute Gasteiger partial charge is 0.462 e. The Morgan fingerprint density at radius 3 is 2.12 bits per heavy atom. The van der Waals surface area contributed by atoms with Crippen LogP contribution in [0.4, 0.5) is 5.82 Å². The van der Waals surface area contributed by atoms with E-state index in [1.54, 1.807) is 6.92 Å². The van der Waals surface area contributed by atoms with Crippen molar-refractivity contribution in [3.05, 3.63) is 66.2 Å². The molecule has 0 fully saturated rings. The maximum absolute atomic E-state index is 12.5. The van der Waals surface area contributed by atoms with Gasteiger partial charge in [0.05, 0.1) is 6.61 Å². The third-order valence-electron chi connectivity index (χ3n) is 3.59. The number of benzene rings is 2. The van der Waals surface area contributed by atoms with Gasteiger partial charge in [-0.3, -0.25) is 0 Å². The molecule has 24 heavy (non-hydrogen) atoms. The summed E-state index contributed by atoms with van der Waals surface area (Å²) in [5.74, 6) is -0.437. The summed E-state index contributed by atoms with van der Waals surface area (Å²) in [6.07, 6.45) is 0. The number of carbonyl (C=O) groups is 1. The van der Waals surface area contributed by atoms with Crippen LogP contribution in [0.5, 0.6) is 0 Å². The molecule has 5 nitrogen and oxygen atoms in total. The number of nitrogen functional groups attached to an aromatic ring is 1. The predicted octanol–water partition coefficient (Wildman–Crippen LogP) is 3.57. The molecule has 5 heteroatoms. The van der Waals surface area contributed by atoms with Crippen molar-refractivity contribution in [2.24, 2.45) is 0 Å². The molecule has 0 radical (unpaired) electrons. The van der Waals surface area contributed by atoms with E-state index in [1.165, 1.54) is 0 Å². The molecule has 2 aromatic carbocycles. The van der Waals surface area contributed by atoms with E-state index >= 15 is 0 Å². The molecule has 3 rings (SSSR count). The zero-order chi connectivity index (χ0) is 16.9. The molecule has 1 aromatic heterocycles. The van der Waals surface area contributed by atoms with E-state index in [0.717, 1.165) is 11.1 Å². The Bertz CT molecular complexity index is 849. The molecule has 0 saturated heterocycles. The molecule has 0 aliphatic rings. The Labute approximate surface area is 140 Å². The minimum Gasteiger partial charge on any atom is -0.462 e. The van der Waals surface area contributed by atoms with Gasteiger partial charge in [-0.15, -0.1) is 10.2 Å². The first kappa shape index (κ1) is 15.7. The topological polar surface area (TPSA) is 78.1 Å². The molecule has 0 saturated carbocycles. The molecule has 3 aromatic rings. The zero-order valence-corrected chi connectivity index (χ0v) is 13.3. The number of aromatic nitrogens is 2. The molecular formula is C19H17N3O2. The van der Waals surface area contributed by atoms with Gasteiger partial charge in [0, 0.05) is 11.1 Å². The lowest BCUT2D eigenvalue weighted by atomic mass is 9.95. The highest BCUT2D eigenvalue weighted by molar-refractivity contribution is 6.04. The first-order chi connectivity index (χ1) is 11.7. The number of hydrogen-bond acceptors (Lipinski definition) is 5. The molecule has 2 N–H and O–H groups in total. The van der Waals surface area contributed by atoms with Crippen LogP contribution >= 0.6 is 0 Å². The van der Waals surface area contributed by atoms with E-state index in [1.807, 2.05) is 60.7 Å². The summed E-state index contributed by atoms with van der Waals surface area (Å²) < 4.78 is 5.18. The molecule has 120 valence electrons. The Morgan fingerprint density at radius 2 is 1.54 bits per heavy atom. The van der Waals surface area contributed by atoms with Crippen molar-refractivity contribution in [3.8, 4) is 22.4 Å². The highest BCUT2D eigenvalue weighted by atomic mass is 16.5. The predicted molar refractivity (Wildman–Crippen MR) is 93.3 cm³/mol. The average molecular weight is 319 g/mol. The van der Waals surface area contributed by atoms with Crippen LogP contribution in [-0.2, 0) is 4.74 Å². The fourth-order valence-electron chi connectivity index (χ4n) is 2.54.